The van der Waals surface area contributed by atoms with Crippen LogP contribution in [0, 0.1) is 0 Å². The molecule has 0 spiro atoms. The first-order chi connectivity index (χ1) is 8.84. The molecule has 1 N–H and O–H groups in total. The second kappa shape index (κ2) is 8.66. The molecule has 3 aliphatic heterocycles. The van der Waals surface area contributed by atoms with Crippen molar-refractivity contribution in [2.24, 2.45) is 0 Å². The van der Waals surface area contributed by atoms with Crippen LogP contribution in [0.3, 0.4) is 0 Å². The van der Waals surface area contributed by atoms with Gasteiger partial charge in [0.2, 0.25) is 5.91 Å². The number of likely N-dealkylation sites (tertiary alicyclic amines) is 1. The van der Waals surface area contributed by atoms with Crippen molar-refractivity contribution >= 4 is 42.5 Å². The molecule has 0 aliphatic carbocycles. The molecular formula is C12H23Cl2N3O2S. The van der Waals surface area contributed by atoms with E-state index in [9.17, 15) is 4.79 Å². The number of amides is 1. The number of morpholine rings is 1. The minimum absolute atomic E-state index is 0. The van der Waals surface area contributed by atoms with E-state index in [1.807, 2.05) is 16.7 Å². The first-order valence-electron chi connectivity index (χ1n) is 6.76. The molecular weight excluding hydrogens is 321 g/mol. The Bertz CT molecular complexity index is 313. The highest BCUT2D eigenvalue weighted by Gasteiger charge is 2.34. The van der Waals surface area contributed by atoms with E-state index in [0.29, 0.717) is 11.9 Å². The highest BCUT2D eigenvalue weighted by Crippen LogP contribution is 2.20. The van der Waals surface area contributed by atoms with Crippen molar-refractivity contribution in [3.63, 3.8) is 0 Å². The minimum Gasteiger partial charge on any atom is -0.379 e. The number of nitrogens with zero attached hydrogens (tertiary/aromatic N) is 2. The van der Waals surface area contributed by atoms with Gasteiger partial charge in [0.15, 0.2) is 0 Å². The zero-order chi connectivity index (χ0) is 12.4. The van der Waals surface area contributed by atoms with Crippen molar-refractivity contribution in [3.05, 3.63) is 0 Å². The summed E-state index contributed by atoms with van der Waals surface area (Å²) in [5.41, 5.74) is 0. The van der Waals surface area contributed by atoms with E-state index in [1.165, 1.54) is 0 Å². The Hall–Kier alpha value is 0.280. The molecule has 3 rings (SSSR count). The highest BCUT2D eigenvalue weighted by atomic mass is 35.5. The van der Waals surface area contributed by atoms with Crippen molar-refractivity contribution < 1.29 is 9.53 Å². The van der Waals surface area contributed by atoms with Gasteiger partial charge in [-0.2, -0.15) is 0 Å². The van der Waals surface area contributed by atoms with Gasteiger partial charge < -0.3 is 9.64 Å². The number of ether oxygens (including phenoxy) is 1. The molecule has 0 aromatic carbocycles. The Balaban J connectivity index is 0.000001000. The summed E-state index contributed by atoms with van der Waals surface area (Å²) in [6, 6.07) is 0.602. The van der Waals surface area contributed by atoms with Crippen molar-refractivity contribution in [1.29, 1.82) is 0 Å². The van der Waals surface area contributed by atoms with Crippen LogP contribution in [0.2, 0.25) is 0 Å². The van der Waals surface area contributed by atoms with Crippen LogP contribution in [-0.4, -0.2) is 78.8 Å². The lowest BCUT2D eigenvalue weighted by Gasteiger charge is -2.32. The zero-order valence-corrected chi connectivity index (χ0v) is 13.9. The van der Waals surface area contributed by atoms with Crippen molar-refractivity contribution in [2.45, 2.75) is 18.5 Å². The largest absolute Gasteiger partial charge is 0.379 e. The number of rotatable bonds is 2. The van der Waals surface area contributed by atoms with Crippen molar-refractivity contribution in [3.8, 4) is 0 Å². The van der Waals surface area contributed by atoms with E-state index < -0.39 is 0 Å². The third-order valence-electron chi connectivity index (χ3n) is 4.05. The average Bonchev–Trinajstić information content (AvgIpc) is 3.10. The van der Waals surface area contributed by atoms with Crippen LogP contribution in [0.5, 0.6) is 0 Å². The summed E-state index contributed by atoms with van der Waals surface area (Å²) in [7, 11) is 0. The number of carbonyl (C=O) groups is 1. The number of hydrogen-bond donors (Lipinski definition) is 1. The molecule has 0 saturated carbocycles. The van der Waals surface area contributed by atoms with E-state index >= 15 is 0 Å². The highest BCUT2D eigenvalue weighted by molar-refractivity contribution is 7.99. The normalized spacial score (nSPS) is 30.7. The zero-order valence-electron chi connectivity index (χ0n) is 11.5. The summed E-state index contributed by atoms with van der Waals surface area (Å²) in [5.74, 6) is 2.14. The van der Waals surface area contributed by atoms with Crippen molar-refractivity contribution in [1.82, 2.24) is 15.1 Å². The molecule has 5 nitrogen and oxygen atoms in total. The molecule has 1 amide bonds. The third-order valence-corrected chi connectivity index (χ3v) is 4.99. The van der Waals surface area contributed by atoms with Crippen LogP contribution < -0.4 is 5.32 Å². The molecule has 20 heavy (non-hydrogen) atoms. The van der Waals surface area contributed by atoms with Crippen LogP contribution in [0.25, 0.3) is 0 Å². The van der Waals surface area contributed by atoms with E-state index in [4.69, 9.17) is 4.74 Å². The number of carbonyl (C=O) groups excluding carboxylic acids is 1. The molecule has 0 bridgehead atoms. The smallest absolute Gasteiger partial charge is 0.240 e. The van der Waals surface area contributed by atoms with E-state index in [1.54, 1.807) is 0 Å². The molecule has 3 saturated heterocycles. The number of nitrogens with one attached hydrogen (secondary N) is 1. The Kier molecular flexibility index (Phi) is 7.93. The number of hydrogen-bond acceptors (Lipinski definition) is 5. The fourth-order valence-electron chi connectivity index (χ4n) is 2.96. The SMILES string of the molecule is Cl.Cl.O=C(C1CSCN1)N1CCC(N2CCOCC2)C1. The van der Waals surface area contributed by atoms with Gasteiger partial charge in [-0.3, -0.25) is 15.0 Å². The summed E-state index contributed by atoms with van der Waals surface area (Å²) >= 11 is 1.81. The Morgan fingerprint density at radius 3 is 2.60 bits per heavy atom. The second-order valence-electron chi connectivity index (χ2n) is 5.15. The predicted molar refractivity (Wildman–Crippen MR) is 86.1 cm³/mol. The molecule has 3 fully saturated rings. The summed E-state index contributed by atoms with van der Waals surface area (Å²) in [6.07, 6.45) is 1.12. The van der Waals surface area contributed by atoms with Crippen LogP contribution >= 0.6 is 36.6 Å². The molecule has 0 radical (unpaired) electrons. The monoisotopic (exact) mass is 343 g/mol. The van der Waals surface area contributed by atoms with Gasteiger partial charge in [0.25, 0.3) is 0 Å². The lowest BCUT2D eigenvalue weighted by atomic mass is 10.2. The van der Waals surface area contributed by atoms with Gasteiger partial charge in [-0.05, 0) is 6.42 Å². The fraction of sp³-hybridized carbons (Fsp3) is 0.917. The lowest BCUT2D eigenvalue weighted by molar-refractivity contribution is -0.131. The standard InChI is InChI=1S/C12H21N3O2S.2ClH/c16-12(11-8-18-9-13-11)15-2-1-10(7-15)14-3-5-17-6-4-14;;/h10-11,13H,1-9H2;2*1H. The second-order valence-corrected chi connectivity index (χ2v) is 6.18. The first-order valence-corrected chi connectivity index (χ1v) is 7.92. The van der Waals surface area contributed by atoms with E-state index in [2.05, 4.69) is 10.2 Å². The van der Waals surface area contributed by atoms with Gasteiger partial charge in [0, 0.05) is 43.9 Å². The van der Waals surface area contributed by atoms with Crippen molar-refractivity contribution in [2.75, 3.05) is 51.0 Å². The van der Waals surface area contributed by atoms with E-state index in [-0.39, 0.29) is 30.9 Å². The van der Waals surface area contributed by atoms with Gasteiger partial charge in [0.1, 0.15) is 0 Å². The van der Waals surface area contributed by atoms with Gasteiger partial charge in [-0.15, -0.1) is 36.6 Å². The maximum absolute atomic E-state index is 12.3. The van der Waals surface area contributed by atoms with E-state index in [0.717, 1.165) is 57.4 Å². The van der Waals surface area contributed by atoms with Crippen LogP contribution in [0.4, 0.5) is 0 Å². The third kappa shape index (κ3) is 4.15. The predicted octanol–water partition coefficient (Wildman–Crippen LogP) is 0.426. The summed E-state index contributed by atoms with van der Waals surface area (Å²) in [6.45, 7) is 5.54. The topological polar surface area (TPSA) is 44.8 Å². The van der Waals surface area contributed by atoms with Gasteiger partial charge in [-0.25, -0.2) is 0 Å². The maximum Gasteiger partial charge on any atom is 0.240 e. The molecule has 2 atom stereocenters. The molecule has 3 heterocycles. The Morgan fingerprint density at radius 1 is 1.20 bits per heavy atom. The lowest BCUT2D eigenvalue weighted by Crippen LogP contribution is -2.47. The summed E-state index contributed by atoms with van der Waals surface area (Å²) in [5, 5.41) is 3.27. The van der Waals surface area contributed by atoms with Gasteiger partial charge in [-0.1, -0.05) is 0 Å². The average molecular weight is 344 g/mol. The molecule has 118 valence electrons. The van der Waals surface area contributed by atoms with Gasteiger partial charge >= 0.3 is 0 Å². The molecule has 0 aromatic rings. The molecule has 0 aromatic heterocycles. The minimum atomic E-state index is 0. The summed E-state index contributed by atoms with van der Waals surface area (Å²) in [4.78, 5) is 16.8. The van der Waals surface area contributed by atoms with Gasteiger partial charge in [0.05, 0.1) is 19.3 Å². The van der Waals surface area contributed by atoms with Crippen LogP contribution in [0.1, 0.15) is 6.42 Å². The summed E-state index contributed by atoms with van der Waals surface area (Å²) < 4.78 is 5.38. The quantitative estimate of drug-likeness (QED) is 0.787. The first kappa shape index (κ1) is 18.3. The maximum atomic E-state index is 12.3. The van der Waals surface area contributed by atoms with Crippen LogP contribution in [-0.2, 0) is 9.53 Å². The Labute approximate surface area is 137 Å². The molecule has 8 heteroatoms. The number of halogens is 2. The fourth-order valence-corrected chi connectivity index (χ4v) is 3.89. The van der Waals surface area contributed by atoms with Crippen LogP contribution in [0.15, 0.2) is 0 Å². The molecule has 3 aliphatic rings. The molecule has 2 unspecified atom stereocenters. The Morgan fingerprint density at radius 2 is 1.95 bits per heavy atom. The number of thioether (sulfide) groups is 1.